The summed E-state index contributed by atoms with van der Waals surface area (Å²) in [7, 11) is -0.977. The van der Waals surface area contributed by atoms with Gasteiger partial charge < -0.3 is 0 Å². The van der Waals surface area contributed by atoms with Crippen molar-refractivity contribution >= 4 is 36.8 Å². The minimum atomic E-state index is -1.71. The van der Waals surface area contributed by atoms with E-state index in [1.54, 1.807) is 0 Å². The van der Waals surface area contributed by atoms with E-state index in [0.29, 0.717) is 0 Å². The molecule has 2 unspecified atom stereocenters. The maximum absolute atomic E-state index is 4.20. The number of halogens is 1. The molecule has 0 spiro atoms. The van der Waals surface area contributed by atoms with Crippen molar-refractivity contribution in [3.8, 4) is 0 Å². The molecule has 0 aromatic carbocycles. The van der Waals surface area contributed by atoms with Gasteiger partial charge in [-0.1, -0.05) is 0 Å². The van der Waals surface area contributed by atoms with Gasteiger partial charge >= 0.3 is 107 Å². The van der Waals surface area contributed by atoms with Crippen LogP contribution < -0.4 is 0 Å². The first-order valence-electron chi connectivity index (χ1n) is 5.92. The fourth-order valence-electron chi connectivity index (χ4n) is 2.14. The molecule has 90 valence electrons. The van der Waals surface area contributed by atoms with Crippen molar-refractivity contribution < 1.29 is 0 Å². The van der Waals surface area contributed by atoms with Crippen LogP contribution >= 0.6 is 12.8 Å². The van der Waals surface area contributed by atoms with Gasteiger partial charge in [-0.2, -0.15) is 0 Å². The molecule has 0 radical (unpaired) electrons. The molecule has 15 heavy (non-hydrogen) atoms. The van der Waals surface area contributed by atoms with E-state index in [2.05, 4.69) is 58.0 Å². The van der Waals surface area contributed by atoms with E-state index >= 15 is 0 Å². The summed E-state index contributed by atoms with van der Waals surface area (Å²) in [6.45, 7) is 12.2. The van der Waals surface area contributed by atoms with E-state index in [4.69, 9.17) is 0 Å². The molecule has 0 nitrogen and oxygen atoms in total. The van der Waals surface area contributed by atoms with Gasteiger partial charge in [0.15, 0.2) is 0 Å². The fourth-order valence-corrected chi connectivity index (χ4v) is 15.3. The average Bonchev–Trinajstić information content (AvgIpc) is 2.31. The summed E-state index contributed by atoms with van der Waals surface area (Å²) in [6, 6.07) is 0. The predicted molar refractivity (Wildman–Crippen MR) is 80.1 cm³/mol. The summed E-state index contributed by atoms with van der Waals surface area (Å²) < 4.78 is 3.41. The van der Waals surface area contributed by atoms with E-state index < -0.39 is 24.0 Å². The molecule has 0 aromatic heterocycles. The van der Waals surface area contributed by atoms with Crippen LogP contribution in [0.25, 0.3) is 0 Å². The minimum absolute atomic E-state index is 0.977. The Kier molecular flexibility index (Phi) is 5.00. The summed E-state index contributed by atoms with van der Waals surface area (Å²) in [5, 5.41) is 0. The van der Waals surface area contributed by atoms with E-state index in [9.17, 15) is 0 Å². The Morgan fingerprint density at radius 1 is 1.20 bits per heavy atom. The Balaban J connectivity index is 2.60. The van der Waals surface area contributed by atoms with Crippen LogP contribution in [0.2, 0.25) is 32.0 Å². The zero-order valence-electron chi connectivity index (χ0n) is 10.7. The van der Waals surface area contributed by atoms with Gasteiger partial charge in [0, 0.05) is 0 Å². The molecule has 2 atom stereocenters. The van der Waals surface area contributed by atoms with E-state index in [-0.39, 0.29) is 0 Å². The standard InChI is InChI=1S/C12H25BrSiTe/c1-11-7-8-12(2)15(11,13)10-6-9-14(3,4)5/h6,9,11-12H,7-8,10H2,1-5H3/b9-6+. The molecule has 0 aromatic rings. The van der Waals surface area contributed by atoms with Crippen molar-refractivity contribution in [3.05, 3.63) is 11.8 Å². The molecule has 0 aliphatic carbocycles. The Bertz CT molecular complexity index is 234. The van der Waals surface area contributed by atoms with Gasteiger partial charge in [-0.3, -0.25) is 0 Å². The van der Waals surface area contributed by atoms with Crippen LogP contribution in [-0.2, 0) is 0 Å². The fraction of sp³-hybridized carbons (Fsp3) is 0.833. The van der Waals surface area contributed by atoms with Gasteiger partial charge in [0.1, 0.15) is 0 Å². The van der Waals surface area contributed by atoms with E-state index in [0.717, 1.165) is 7.93 Å². The van der Waals surface area contributed by atoms with Crippen molar-refractivity contribution in [1.82, 2.24) is 0 Å². The molecule has 0 N–H and O–H groups in total. The van der Waals surface area contributed by atoms with Gasteiger partial charge in [-0.25, -0.2) is 0 Å². The number of rotatable bonds is 3. The van der Waals surface area contributed by atoms with Gasteiger partial charge in [-0.15, -0.1) is 0 Å². The van der Waals surface area contributed by atoms with Gasteiger partial charge in [0.25, 0.3) is 0 Å². The third-order valence-corrected chi connectivity index (χ3v) is 25.8. The Labute approximate surface area is 107 Å². The summed E-state index contributed by atoms with van der Waals surface area (Å²) in [4.78, 5) is 0. The SMILES string of the molecule is CC1CCC(C)[Te]1(Br)C/C=C/[Si](C)(C)C. The van der Waals surface area contributed by atoms with Crippen LogP contribution in [0.4, 0.5) is 0 Å². The third-order valence-electron chi connectivity index (χ3n) is 3.29. The Morgan fingerprint density at radius 2 is 1.67 bits per heavy atom. The number of hydrogen-bond donors (Lipinski definition) is 0. The first-order valence-corrected chi connectivity index (χ1v) is 19.1. The molecule has 1 saturated heterocycles. The van der Waals surface area contributed by atoms with Crippen LogP contribution in [0.3, 0.4) is 0 Å². The number of hydrogen-bond acceptors (Lipinski definition) is 0. The maximum atomic E-state index is 4.20. The molecule has 1 fully saturated rings. The van der Waals surface area contributed by atoms with Crippen LogP contribution in [0.1, 0.15) is 26.7 Å². The van der Waals surface area contributed by atoms with Crippen molar-refractivity contribution in [2.24, 2.45) is 0 Å². The van der Waals surface area contributed by atoms with Crippen LogP contribution in [0.15, 0.2) is 11.8 Å². The molecule has 1 rings (SSSR count). The second kappa shape index (κ2) is 5.25. The second-order valence-corrected chi connectivity index (χ2v) is 28.9. The molecule has 1 heterocycles. The van der Waals surface area contributed by atoms with Gasteiger partial charge in [0.2, 0.25) is 0 Å². The van der Waals surface area contributed by atoms with Crippen molar-refractivity contribution in [2.45, 2.75) is 58.7 Å². The first-order chi connectivity index (χ1) is 6.76. The summed E-state index contributed by atoms with van der Waals surface area (Å²) in [5.74, 6) is 0. The average molecular weight is 405 g/mol. The Hall–Kier alpha value is 1.23. The van der Waals surface area contributed by atoms with Crippen molar-refractivity contribution in [1.29, 1.82) is 0 Å². The second-order valence-electron chi connectivity index (χ2n) is 5.89. The van der Waals surface area contributed by atoms with Crippen molar-refractivity contribution in [2.75, 3.05) is 0 Å². The molecule has 0 amide bonds. The molecule has 3 heteroatoms. The van der Waals surface area contributed by atoms with Crippen LogP contribution in [-0.4, -0.2) is 24.0 Å². The summed E-state index contributed by atoms with van der Waals surface area (Å²) >= 11 is 2.49. The quantitative estimate of drug-likeness (QED) is 0.557. The Morgan fingerprint density at radius 3 is 2.07 bits per heavy atom. The number of allylic oxidation sites excluding steroid dienone is 1. The first kappa shape index (κ1) is 14.3. The summed E-state index contributed by atoms with van der Waals surface area (Å²) in [6.07, 6.45) is 5.45. The molecule has 0 bridgehead atoms. The monoisotopic (exact) mass is 406 g/mol. The van der Waals surface area contributed by atoms with Gasteiger partial charge in [-0.05, 0) is 0 Å². The molecular weight excluding hydrogens is 380 g/mol. The van der Waals surface area contributed by atoms with E-state index in [1.807, 2.05) is 0 Å². The van der Waals surface area contributed by atoms with Crippen molar-refractivity contribution in [3.63, 3.8) is 0 Å². The molecular formula is C12H25BrSiTe. The predicted octanol–water partition coefficient (Wildman–Crippen LogP) is 5.33. The molecule has 1 aliphatic rings. The summed E-state index contributed by atoms with van der Waals surface area (Å²) in [5.41, 5.74) is 2.53. The van der Waals surface area contributed by atoms with Gasteiger partial charge in [0.05, 0.1) is 0 Å². The molecule has 0 saturated carbocycles. The third kappa shape index (κ3) is 3.87. The van der Waals surface area contributed by atoms with E-state index in [1.165, 1.54) is 17.3 Å². The topological polar surface area (TPSA) is 0 Å². The molecule has 1 aliphatic heterocycles. The van der Waals surface area contributed by atoms with Crippen LogP contribution in [0, 0.1) is 0 Å². The zero-order valence-corrected chi connectivity index (χ0v) is 15.6. The normalized spacial score (nSPS) is 42.0. The van der Waals surface area contributed by atoms with Crippen LogP contribution in [0.5, 0.6) is 0 Å². The zero-order chi connectivity index (χ0) is 11.7.